The third kappa shape index (κ3) is 5.68. The molecule has 0 aromatic heterocycles. The molecule has 2 aliphatic heterocycles. The highest BCUT2D eigenvalue weighted by Gasteiger charge is 2.35. The standard InChI is InChI=1S/C24H33N3O7/c1-24(2,3)34-22(29)17-8-7-16(26-11-9-25(4)10-12-26)13-19(17)27-15-33-14-18(21(28)31-5)20(27)23(30)32-6/h7-8,13H,9-12,14-15H2,1-6H3. The van der Waals surface area contributed by atoms with Crippen molar-refractivity contribution < 1.29 is 33.3 Å². The van der Waals surface area contributed by atoms with Crippen LogP contribution < -0.4 is 9.80 Å². The zero-order valence-corrected chi connectivity index (χ0v) is 20.7. The zero-order valence-electron chi connectivity index (χ0n) is 20.7. The summed E-state index contributed by atoms with van der Waals surface area (Å²) in [6, 6.07) is 5.36. The van der Waals surface area contributed by atoms with E-state index in [1.807, 2.05) is 12.1 Å². The van der Waals surface area contributed by atoms with E-state index in [1.165, 1.54) is 19.1 Å². The van der Waals surface area contributed by atoms with Crippen LogP contribution in [0.5, 0.6) is 0 Å². The van der Waals surface area contributed by atoms with Crippen LogP contribution in [0.25, 0.3) is 0 Å². The number of piperazine rings is 1. The number of ether oxygens (including phenoxy) is 4. The largest absolute Gasteiger partial charge is 0.466 e. The third-order valence-electron chi connectivity index (χ3n) is 5.59. The van der Waals surface area contributed by atoms with Crippen LogP contribution in [0, 0.1) is 0 Å². The number of carbonyl (C=O) groups excluding carboxylic acids is 3. The summed E-state index contributed by atoms with van der Waals surface area (Å²) in [5.74, 6) is -2.00. The van der Waals surface area contributed by atoms with Gasteiger partial charge in [0.2, 0.25) is 0 Å². The lowest BCUT2D eigenvalue weighted by molar-refractivity contribution is -0.140. The number of benzene rings is 1. The molecular formula is C24H33N3O7. The maximum absolute atomic E-state index is 13.1. The van der Waals surface area contributed by atoms with E-state index in [4.69, 9.17) is 18.9 Å². The molecule has 34 heavy (non-hydrogen) atoms. The molecule has 0 atom stereocenters. The first-order chi connectivity index (χ1) is 16.1. The van der Waals surface area contributed by atoms with Crippen molar-refractivity contribution in [1.29, 1.82) is 0 Å². The summed E-state index contributed by atoms with van der Waals surface area (Å²) in [6.45, 7) is 8.58. The summed E-state index contributed by atoms with van der Waals surface area (Å²) in [7, 11) is 4.53. The minimum atomic E-state index is -0.733. The molecule has 0 unspecified atom stereocenters. The lowest BCUT2D eigenvalue weighted by Gasteiger charge is -2.36. The second-order valence-corrected chi connectivity index (χ2v) is 9.21. The average molecular weight is 476 g/mol. The third-order valence-corrected chi connectivity index (χ3v) is 5.59. The molecule has 2 heterocycles. The molecule has 10 nitrogen and oxygen atoms in total. The van der Waals surface area contributed by atoms with Gasteiger partial charge in [0.05, 0.1) is 37.7 Å². The number of hydrogen-bond acceptors (Lipinski definition) is 10. The number of likely N-dealkylation sites (N-methyl/N-ethyl adjacent to an activating group) is 1. The van der Waals surface area contributed by atoms with E-state index >= 15 is 0 Å². The second kappa shape index (κ2) is 10.4. The van der Waals surface area contributed by atoms with Crippen LogP contribution >= 0.6 is 0 Å². The maximum Gasteiger partial charge on any atom is 0.355 e. The molecular weight excluding hydrogens is 442 g/mol. The SMILES string of the molecule is COC(=O)C1=C(C(=O)OC)N(c2cc(N3CCN(C)CC3)ccc2C(=O)OC(C)(C)C)COC1. The summed E-state index contributed by atoms with van der Waals surface area (Å²) in [6.07, 6.45) is 0. The smallest absolute Gasteiger partial charge is 0.355 e. The van der Waals surface area contributed by atoms with E-state index in [0.717, 1.165) is 31.9 Å². The Morgan fingerprint density at radius 3 is 2.18 bits per heavy atom. The van der Waals surface area contributed by atoms with Crippen LogP contribution in [-0.2, 0) is 28.5 Å². The Labute approximate surface area is 200 Å². The number of methoxy groups -OCH3 is 2. The van der Waals surface area contributed by atoms with Crippen molar-refractivity contribution in [2.45, 2.75) is 26.4 Å². The number of hydrogen-bond donors (Lipinski definition) is 0. The van der Waals surface area contributed by atoms with Gasteiger partial charge in [0.25, 0.3) is 0 Å². The molecule has 0 spiro atoms. The van der Waals surface area contributed by atoms with Gasteiger partial charge < -0.3 is 33.6 Å². The zero-order chi connectivity index (χ0) is 25.0. The van der Waals surface area contributed by atoms with Crippen LogP contribution in [0.15, 0.2) is 29.5 Å². The first kappa shape index (κ1) is 25.5. The van der Waals surface area contributed by atoms with Crippen LogP contribution in [0.3, 0.4) is 0 Å². The Kier molecular flexibility index (Phi) is 7.83. The van der Waals surface area contributed by atoms with Gasteiger partial charge in [-0.25, -0.2) is 14.4 Å². The van der Waals surface area contributed by atoms with Crippen molar-refractivity contribution in [3.05, 3.63) is 35.0 Å². The Balaban J connectivity index is 2.15. The molecule has 0 radical (unpaired) electrons. The average Bonchev–Trinajstić information content (AvgIpc) is 2.81. The van der Waals surface area contributed by atoms with E-state index in [1.54, 1.807) is 26.8 Å². The molecule has 0 bridgehead atoms. The number of esters is 3. The van der Waals surface area contributed by atoms with Crippen molar-refractivity contribution >= 4 is 29.3 Å². The van der Waals surface area contributed by atoms with E-state index in [9.17, 15) is 14.4 Å². The molecule has 0 saturated carbocycles. The quantitative estimate of drug-likeness (QED) is 0.463. The van der Waals surface area contributed by atoms with E-state index in [0.29, 0.717) is 5.69 Å². The highest BCUT2D eigenvalue weighted by Crippen LogP contribution is 2.34. The summed E-state index contributed by atoms with van der Waals surface area (Å²) in [4.78, 5) is 44.3. The van der Waals surface area contributed by atoms with Gasteiger partial charge in [0.1, 0.15) is 18.0 Å². The number of carbonyl (C=O) groups is 3. The first-order valence-corrected chi connectivity index (χ1v) is 11.1. The number of anilines is 2. The predicted octanol–water partition coefficient (Wildman–Crippen LogP) is 1.79. The Hall–Kier alpha value is -3.11. The molecule has 1 saturated heterocycles. The predicted molar refractivity (Wildman–Crippen MR) is 126 cm³/mol. The Morgan fingerprint density at radius 1 is 0.941 bits per heavy atom. The molecule has 1 fully saturated rings. The minimum Gasteiger partial charge on any atom is -0.466 e. The van der Waals surface area contributed by atoms with E-state index < -0.39 is 23.5 Å². The number of nitrogens with zero attached hydrogens (tertiary/aromatic N) is 3. The summed E-state index contributed by atoms with van der Waals surface area (Å²) in [5, 5.41) is 0. The molecule has 0 aliphatic carbocycles. The van der Waals surface area contributed by atoms with Crippen molar-refractivity contribution in [3.63, 3.8) is 0 Å². The van der Waals surface area contributed by atoms with Gasteiger partial charge in [-0.15, -0.1) is 0 Å². The van der Waals surface area contributed by atoms with Crippen molar-refractivity contribution in [2.75, 3.05) is 70.6 Å². The van der Waals surface area contributed by atoms with Crippen LogP contribution in [0.2, 0.25) is 0 Å². The van der Waals surface area contributed by atoms with Gasteiger partial charge in [-0.1, -0.05) is 0 Å². The van der Waals surface area contributed by atoms with Gasteiger partial charge in [-0.2, -0.15) is 0 Å². The molecule has 0 amide bonds. The summed E-state index contributed by atoms with van der Waals surface area (Å²) < 4.78 is 21.1. The molecule has 3 rings (SSSR count). The van der Waals surface area contributed by atoms with E-state index in [-0.39, 0.29) is 30.2 Å². The number of rotatable bonds is 5. The fraction of sp³-hybridized carbons (Fsp3) is 0.542. The topological polar surface area (TPSA) is 97.9 Å². The summed E-state index contributed by atoms with van der Waals surface area (Å²) in [5.41, 5.74) is 0.767. The van der Waals surface area contributed by atoms with Crippen LogP contribution in [0.1, 0.15) is 31.1 Å². The van der Waals surface area contributed by atoms with Gasteiger partial charge >= 0.3 is 17.9 Å². The Morgan fingerprint density at radius 2 is 1.59 bits per heavy atom. The molecule has 1 aromatic carbocycles. The molecule has 10 heteroatoms. The lowest BCUT2D eigenvalue weighted by atomic mass is 10.1. The van der Waals surface area contributed by atoms with Gasteiger partial charge in [-0.05, 0) is 46.0 Å². The minimum absolute atomic E-state index is 0.0146. The highest BCUT2D eigenvalue weighted by molar-refractivity contribution is 6.05. The van der Waals surface area contributed by atoms with Gasteiger partial charge in [0.15, 0.2) is 0 Å². The van der Waals surface area contributed by atoms with E-state index in [2.05, 4.69) is 16.8 Å². The second-order valence-electron chi connectivity index (χ2n) is 9.21. The van der Waals surface area contributed by atoms with Crippen molar-refractivity contribution in [1.82, 2.24) is 4.90 Å². The first-order valence-electron chi connectivity index (χ1n) is 11.1. The molecule has 1 aromatic rings. The fourth-order valence-electron chi connectivity index (χ4n) is 3.84. The van der Waals surface area contributed by atoms with Gasteiger partial charge in [-0.3, -0.25) is 0 Å². The monoisotopic (exact) mass is 475 g/mol. The molecule has 0 N–H and O–H groups in total. The van der Waals surface area contributed by atoms with Crippen molar-refractivity contribution in [3.8, 4) is 0 Å². The van der Waals surface area contributed by atoms with Crippen LogP contribution in [0.4, 0.5) is 11.4 Å². The lowest BCUT2D eigenvalue weighted by Crippen LogP contribution is -2.44. The maximum atomic E-state index is 13.1. The van der Waals surface area contributed by atoms with Gasteiger partial charge in [0, 0.05) is 31.9 Å². The highest BCUT2D eigenvalue weighted by atomic mass is 16.6. The van der Waals surface area contributed by atoms with Crippen LogP contribution in [-0.4, -0.2) is 89.2 Å². The molecule has 2 aliphatic rings. The summed E-state index contributed by atoms with van der Waals surface area (Å²) >= 11 is 0. The molecule has 186 valence electrons. The Bertz CT molecular complexity index is 975. The normalized spacial score (nSPS) is 17.5. The fourth-order valence-corrected chi connectivity index (χ4v) is 3.84. The van der Waals surface area contributed by atoms with Crippen molar-refractivity contribution in [2.24, 2.45) is 0 Å².